The molecule has 1 heterocycles. The predicted molar refractivity (Wildman–Crippen MR) is 133 cm³/mol. The Labute approximate surface area is 200 Å². The van der Waals surface area contributed by atoms with Crippen molar-refractivity contribution < 1.29 is 9.59 Å². The third kappa shape index (κ3) is 5.71. The Hall–Kier alpha value is -3.36. The van der Waals surface area contributed by atoms with Crippen molar-refractivity contribution in [1.29, 1.82) is 0 Å². The Balaban J connectivity index is 1.31. The van der Waals surface area contributed by atoms with Gasteiger partial charge in [-0.1, -0.05) is 59.8 Å². The highest BCUT2D eigenvalue weighted by molar-refractivity contribution is 7.99. The van der Waals surface area contributed by atoms with Gasteiger partial charge in [-0.2, -0.15) is 0 Å². The molecule has 9 heteroatoms. The van der Waals surface area contributed by atoms with Crippen molar-refractivity contribution in [2.75, 3.05) is 16.4 Å². The van der Waals surface area contributed by atoms with Crippen LogP contribution in [-0.4, -0.2) is 32.3 Å². The summed E-state index contributed by atoms with van der Waals surface area (Å²) >= 11 is 7.37. The van der Waals surface area contributed by atoms with Crippen LogP contribution in [0.5, 0.6) is 0 Å². The minimum absolute atomic E-state index is 0.0544. The molecule has 3 aromatic carbocycles. The molecule has 0 aliphatic carbocycles. The average molecular weight is 480 g/mol. The van der Waals surface area contributed by atoms with E-state index in [1.165, 1.54) is 11.8 Å². The van der Waals surface area contributed by atoms with E-state index in [0.717, 1.165) is 22.0 Å². The van der Waals surface area contributed by atoms with E-state index >= 15 is 0 Å². The molecular formula is C24H22ClN5O2S. The van der Waals surface area contributed by atoms with Gasteiger partial charge in [-0.3, -0.25) is 9.59 Å². The number of amides is 2. The van der Waals surface area contributed by atoms with Gasteiger partial charge in [-0.05, 0) is 47.5 Å². The largest absolute Gasteiger partial charge is 0.326 e. The van der Waals surface area contributed by atoms with Crippen LogP contribution >= 0.6 is 23.4 Å². The number of nitrogens with zero attached hydrogens (tertiary/aromatic N) is 3. The van der Waals surface area contributed by atoms with Crippen molar-refractivity contribution in [1.82, 2.24) is 14.8 Å². The molecule has 4 rings (SSSR count). The predicted octanol–water partition coefficient (Wildman–Crippen LogP) is 4.84. The topological polar surface area (TPSA) is 88.9 Å². The first kappa shape index (κ1) is 22.8. The average Bonchev–Trinajstić information content (AvgIpc) is 3.14. The molecule has 0 aliphatic heterocycles. The van der Waals surface area contributed by atoms with Crippen LogP contribution in [0, 0.1) is 6.92 Å². The van der Waals surface area contributed by atoms with E-state index in [2.05, 4.69) is 20.8 Å². The second kappa shape index (κ2) is 10.1. The summed E-state index contributed by atoms with van der Waals surface area (Å²) in [5.41, 5.74) is 2.30. The van der Waals surface area contributed by atoms with Gasteiger partial charge in [0.25, 0.3) is 0 Å². The fourth-order valence-corrected chi connectivity index (χ4v) is 4.15. The van der Waals surface area contributed by atoms with E-state index in [-0.39, 0.29) is 24.0 Å². The Kier molecular flexibility index (Phi) is 6.96. The number of aryl methyl sites for hydroxylation is 1. The first-order valence-corrected chi connectivity index (χ1v) is 11.6. The maximum absolute atomic E-state index is 12.4. The molecule has 0 saturated carbocycles. The molecule has 0 aliphatic rings. The van der Waals surface area contributed by atoms with Gasteiger partial charge >= 0.3 is 0 Å². The Bertz CT molecular complexity index is 1340. The van der Waals surface area contributed by atoms with Gasteiger partial charge in [-0.15, -0.1) is 10.2 Å². The zero-order valence-electron chi connectivity index (χ0n) is 18.1. The number of hydrogen-bond donors (Lipinski definition) is 2. The van der Waals surface area contributed by atoms with Crippen LogP contribution in [0.15, 0.2) is 65.8 Å². The number of carbonyl (C=O) groups is 2. The number of hydrogen-bond acceptors (Lipinski definition) is 5. The lowest BCUT2D eigenvalue weighted by molar-refractivity contribution is -0.116. The summed E-state index contributed by atoms with van der Waals surface area (Å²) < 4.78 is 1.72. The monoisotopic (exact) mass is 479 g/mol. The van der Waals surface area contributed by atoms with Crippen LogP contribution < -0.4 is 10.6 Å². The number of nitrogens with one attached hydrogen (secondary N) is 2. The van der Waals surface area contributed by atoms with Crippen LogP contribution in [0.4, 0.5) is 11.4 Å². The Morgan fingerprint density at radius 2 is 1.64 bits per heavy atom. The summed E-state index contributed by atoms with van der Waals surface area (Å²) in [6.45, 7) is 1.90. The van der Waals surface area contributed by atoms with Gasteiger partial charge in [0.15, 0.2) is 5.16 Å². The van der Waals surface area contributed by atoms with Crippen molar-refractivity contribution in [3.63, 3.8) is 0 Å². The molecule has 7 nitrogen and oxygen atoms in total. The smallest absolute Gasteiger partial charge is 0.234 e. The van der Waals surface area contributed by atoms with Crippen molar-refractivity contribution in [3.8, 4) is 0 Å². The lowest BCUT2D eigenvalue weighted by atomic mass is 10.1. The minimum Gasteiger partial charge on any atom is -0.326 e. The molecule has 33 heavy (non-hydrogen) atoms. The highest BCUT2D eigenvalue weighted by Crippen LogP contribution is 2.22. The molecule has 2 N–H and O–H groups in total. The van der Waals surface area contributed by atoms with E-state index in [4.69, 9.17) is 11.6 Å². The second-order valence-corrected chi connectivity index (χ2v) is 8.90. The summed E-state index contributed by atoms with van der Waals surface area (Å²) in [7, 11) is 1.77. The summed E-state index contributed by atoms with van der Waals surface area (Å²) in [5, 5.41) is 17.3. The van der Waals surface area contributed by atoms with E-state index in [9.17, 15) is 9.59 Å². The molecule has 0 fully saturated rings. The standard InChI is InChI=1S/C24H22ClN5O2S/c1-15-7-9-19(12-20(15)25)26-22(31)13-21-28-29-24(30(21)2)33-14-23(32)27-18-10-8-16-5-3-4-6-17(16)11-18/h3-12H,13-14H2,1-2H3,(H,26,31)(H,27,32). The molecule has 0 spiro atoms. The third-order valence-corrected chi connectivity index (χ3v) is 6.49. The quantitative estimate of drug-likeness (QED) is 0.370. The molecule has 2 amide bonds. The van der Waals surface area contributed by atoms with E-state index in [1.807, 2.05) is 55.5 Å². The molecule has 0 unspecified atom stereocenters. The number of fused-ring (bicyclic) bond motifs is 1. The lowest BCUT2D eigenvalue weighted by Gasteiger charge is -2.08. The summed E-state index contributed by atoms with van der Waals surface area (Å²) in [6, 6.07) is 19.1. The maximum Gasteiger partial charge on any atom is 0.234 e. The Morgan fingerprint density at radius 3 is 2.42 bits per heavy atom. The number of rotatable bonds is 7. The molecular weight excluding hydrogens is 458 g/mol. The van der Waals surface area contributed by atoms with Crippen LogP contribution in [0.1, 0.15) is 11.4 Å². The molecule has 4 aromatic rings. The first-order valence-electron chi connectivity index (χ1n) is 10.2. The van der Waals surface area contributed by atoms with Crippen molar-refractivity contribution >= 4 is 57.3 Å². The highest BCUT2D eigenvalue weighted by atomic mass is 35.5. The van der Waals surface area contributed by atoms with Crippen LogP contribution in [-0.2, 0) is 23.1 Å². The zero-order valence-corrected chi connectivity index (χ0v) is 19.7. The number of halogens is 1. The van der Waals surface area contributed by atoms with Gasteiger partial charge in [0, 0.05) is 23.4 Å². The van der Waals surface area contributed by atoms with Crippen molar-refractivity contribution in [2.24, 2.45) is 7.05 Å². The number of benzene rings is 3. The summed E-state index contributed by atoms with van der Waals surface area (Å²) in [4.78, 5) is 24.8. The van der Waals surface area contributed by atoms with Gasteiger partial charge in [0.1, 0.15) is 5.82 Å². The van der Waals surface area contributed by atoms with Gasteiger partial charge in [0.05, 0.1) is 12.2 Å². The summed E-state index contributed by atoms with van der Waals surface area (Å²) in [5.74, 6) is 0.306. The van der Waals surface area contributed by atoms with E-state index < -0.39 is 0 Å². The maximum atomic E-state index is 12.4. The molecule has 0 bridgehead atoms. The normalized spacial score (nSPS) is 10.9. The SMILES string of the molecule is Cc1ccc(NC(=O)Cc2nnc(SCC(=O)Nc3ccc4ccccc4c3)n2C)cc1Cl. The van der Waals surface area contributed by atoms with Gasteiger partial charge < -0.3 is 15.2 Å². The van der Waals surface area contributed by atoms with Crippen LogP contribution in [0.3, 0.4) is 0 Å². The van der Waals surface area contributed by atoms with Crippen LogP contribution in [0.25, 0.3) is 10.8 Å². The van der Waals surface area contributed by atoms with Gasteiger partial charge in [-0.25, -0.2) is 0 Å². The molecule has 0 radical (unpaired) electrons. The minimum atomic E-state index is -0.226. The number of aromatic nitrogens is 3. The number of thioether (sulfide) groups is 1. The van der Waals surface area contributed by atoms with Crippen molar-refractivity contribution in [2.45, 2.75) is 18.5 Å². The first-order chi connectivity index (χ1) is 15.9. The number of anilines is 2. The molecule has 168 valence electrons. The molecule has 0 saturated heterocycles. The Morgan fingerprint density at radius 1 is 0.939 bits per heavy atom. The fourth-order valence-electron chi connectivity index (χ4n) is 3.24. The zero-order chi connectivity index (χ0) is 23.4. The van der Waals surface area contributed by atoms with Crippen molar-refractivity contribution in [3.05, 3.63) is 77.1 Å². The van der Waals surface area contributed by atoms with E-state index in [1.54, 1.807) is 23.7 Å². The number of carbonyl (C=O) groups excluding carboxylic acids is 2. The third-order valence-electron chi connectivity index (χ3n) is 5.06. The fraction of sp³-hybridized carbons (Fsp3) is 0.167. The highest BCUT2D eigenvalue weighted by Gasteiger charge is 2.15. The lowest BCUT2D eigenvalue weighted by Crippen LogP contribution is -2.17. The van der Waals surface area contributed by atoms with Gasteiger partial charge in [0.2, 0.25) is 11.8 Å². The second-order valence-electron chi connectivity index (χ2n) is 7.55. The molecule has 0 atom stereocenters. The summed E-state index contributed by atoms with van der Waals surface area (Å²) in [6.07, 6.45) is 0.0544. The molecule has 1 aromatic heterocycles. The van der Waals surface area contributed by atoms with E-state index in [0.29, 0.717) is 21.7 Å². The van der Waals surface area contributed by atoms with Crippen LogP contribution in [0.2, 0.25) is 5.02 Å².